The van der Waals surface area contributed by atoms with E-state index in [1.165, 1.54) is 12.1 Å². The number of benzene rings is 3. The van der Waals surface area contributed by atoms with Gasteiger partial charge in [-0.1, -0.05) is 36.4 Å². The number of halogens is 5. The predicted octanol–water partition coefficient (Wildman–Crippen LogP) is 7.21. The molecule has 1 spiro atoms. The van der Waals surface area contributed by atoms with Gasteiger partial charge >= 0.3 is 12.1 Å². The SMILES string of the molecule is C[C@@H]1Cc2cc(OCc3ccccc3)ccc2C(c2c(F)cc(N3CCCC4(CCN(CC(=O)O)CC4)C3)cc2F)N1CC(F)(F)F. The molecular formula is C36H40F5N3O3. The lowest BCUT2D eigenvalue weighted by molar-refractivity contribution is -0.155. The van der Waals surface area contributed by atoms with E-state index in [9.17, 15) is 18.0 Å². The first-order valence-electron chi connectivity index (χ1n) is 16.2. The van der Waals surface area contributed by atoms with Crippen LogP contribution in [0.15, 0.2) is 60.7 Å². The largest absolute Gasteiger partial charge is 0.489 e. The lowest BCUT2D eigenvalue weighted by atomic mass is 9.72. The van der Waals surface area contributed by atoms with Gasteiger partial charge in [0.15, 0.2) is 0 Å². The van der Waals surface area contributed by atoms with Crippen molar-refractivity contribution < 1.29 is 36.6 Å². The van der Waals surface area contributed by atoms with Crippen molar-refractivity contribution in [3.63, 3.8) is 0 Å². The number of anilines is 1. The molecule has 0 saturated carbocycles. The molecule has 3 aromatic rings. The fraction of sp³-hybridized carbons (Fsp3) is 0.472. The molecule has 2 saturated heterocycles. The average Bonchev–Trinajstić information content (AvgIpc) is 3.02. The first-order chi connectivity index (χ1) is 22.4. The molecule has 252 valence electrons. The van der Waals surface area contributed by atoms with E-state index >= 15 is 8.78 Å². The van der Waals surface area contributed by atoms with Crippen molar-refractivity contribution in [1.82, 2.24) is 9.80 Å². The van der Waals surface area contributed by atoms with Gasteiger partial charge in [-0.05, 0) is 98.5 Å². The summed E-state index contributed by atoms with van der Waals surface area (Å²) in [5, 5.41) is 9.16. The van der Waals surface area contributed by atoms with Crippen LogP contribution in [-0.4, -0.2) is 72.4 Å². The molecule has 0 amide bonds. The minimum atomic E-state index is -4.57. The summed E-state index contributed by atoms with van der Waals surface area (Å²) < 4.78 is 80.0. The second kappa shape index (κ2) is 13.4. The van der Waals surface area contributed by atoms with E-state index in [1.807, 2.05) is 40.1 Å². The molecule has 0 aliphatic carbocycles. The highest BCUT2D eigenvalue weighted by atomic mass is 19.4. The topological polar surface area (TPSA) is 56.3 Å². The minimum Gasteiger partial charge on any atom is -0.489 e. The quantitative estimate of drug-likeness (QED) is 0.259. The Balaban J connectivity index is 1.28. The zero-order chi connectivity index (χ0) is 33.3. The molecule has 0 radical (unpaired) electrons. The van der Waals surface area contributed by atoms with Gasteiger partial charge in [0.25, 0.3) is 0 Å². The van der Waals surface area contributed by atoms with Gasteiger partial charge in [-0.25, -0.2) is 8.78 Å². The van der Waals surface area contributed by atoms with E-state index in [-0.39, 0.29) is 18.4 Å². The third kappa shape index (κ3) is 7.56. The number of hydrogen-bond acceptors (Lipinski definition) is 5. The number of carboxylic acid groups (broad SMARTS) is 1. The number of likely N-dealkylation sites (tertiary alicyclic amines) is 1. The zero-order valence-electron chi connectivity index (χ0n) is 26.4. The zero-order valence-corrected chi connectivity index (χ0v) is 26.4. The average molecular weight is 658 g/mol. The van der Waals surface area contributed by atoms with Crippen molar-refractivity contribution in [2.45, 2.75) is 63.9 Å². The summed E-state index contributed by atoms with van der Waals surface area (Å²) in [5.41, 5.74) is 1.97. The van der Waals surface area contributed by atoms with Gasteiger partial charge in [-0.3, -0.25) is 14.6 Å². The number of carbonyl (C=O) groups is 1. The van der Waals surface area contributed by atoms with E-state index in [0.29, 0.717) is 55.3 Å². The third-order valence-electron chi connectivity index (χ3n) is 10.1. The van der Waals surface area contributed by atoms with Gasteiger partial charge in [-0.15, -0.1) is 0 Å². The fourth-order valence-electron chi connectivity index (χ4n) is 7.73. The maximum atomic E-state index is 16.2. The smallest absolute Gasteiger partial charge is 0.401 e. The number of rotatable bonds is 8. The highest BCUT2D eigenvalue weighted by Gasteiger charge is 2.43. The Bertz CT molecular complexity index is 1550. The van der Waals surface area contributed by atoms with Crippen LogP contribution in [0.1, 0.15) is 60.9 Å². The summed E-state index contributed by atoms with van der Waals surface area (Å²) in [7, 11) is 0. The summed E-state index contributed by atoms with van der Waals surface area (Å²) in [5.74, 6) is -2.08. The Labute approximate surface area is 271 Å². The number of hydrogen-bond donors (Lipinski definition) is 1. The number of ether oxygens (including phenoxy) is 1. The summed E-state index contributed by atoms with van der Waals surface area (Å²) >= 11 is 0. The predicted molar refractivity (Wildman–Crippen MR) is 169 cm³/mol. The Morgan fingerprint density at radius 1 is 0.979 bits per heavy atom. The number of carboxylic acids is 1. The van der Waals surface area contributed by atoms with Crippen LogP contribution < -0.4 is 9.64 Å². The molecule has 3 heterocycles. The molecule has 0 aromatic heterocycles. The third-order valence-corrected chi connectivity index (χ3v) is 10.1. The van der Waals surface area contributed by atoms with Crippen LogP contribution in [0.5, 0.6) is 5.75 Å². The lowest BCUT2D eigenvalue weighted by Crippen LogP contribution is -2.50. The maximum absolute atomic E-state index is 16.2. The molecular weight excluding hydrogens is 617 g/mol. The minimum absolute atomic E-state index is 0.00598. The van der Waals surface area contributed by atoms with Gasteiger partial charge in [0.1, 0.15) is 24.0 Å². The van der Waals surface area contributed by atoms with E-state index < -0.39 is 48.0 Å². The molecule has 3 aliphatic heterocycles. The van der Waals surface area contributed by atoms with Crippen molar-refractivity contribution in [2.75, 3.05) is 44.2 Å². The number of nitrogens with zero attached hydrogens (tertiary/aromatic N) is 3. The van der Waals surface area contributed by atoms with Crippen molar-refractivity contribution in [2.24, 2.45) is 5.41 Å². The number of piperidine rings is 2. The summed E-state index contributed by atoms with van der Waals surface area (Å²) in [6, 6.07) is 15.2. The van der Waals surface area contributed by atoms with Gasteiger partial charge in [-0.2, -0.15) is 13.2 Å². The van der Waals surface area contributed by atoms with Crippen LogP contribution in [-0.2, 0) is 17.8 Å². The van der Waals surface area contributed by atoms with E-state index in [4.69, 9.17) is 9.84 Å². The molecule has 6 nitrogen and oxygen atoms in total. The second-order valence-corrected chi connectivity index (χ2v) is 13.4. The number of aliphatic carboxylic acids is 1. The van der Waals surface area contributed by atoms with Crippen LogP contribution in [0.2, 0.25) is 0 Å². The first kappa shape index (κ1) is 33.2. The Kier molecular flexibility index (Phi) is 9.49. The monoisotopic (exact) mass is 657 g/mol. The van der Waals surface area contributed by atoms with Crippen molar-refractivity contribution in [1.29, 1.82) is 0 Å². The summed E-state index contributed by atoms with van der Waals surface area (Å²) in [6.45, 7) is 3.13. The molecule has 6 rings (SSSR count). The molecule has 3 aromatic carbocycles. The van der Waals surface area contributed by atoms with E-state index in [0.717, 1.165) is 36.1 Å². The highest BCUT2D eigenvalue weighted by Crippen LogP contribution is 2.45. The second-order valence-electron chi connectivity index (χ2n) is 13.4. The fourth-order valence-corrected chi connectivity index (χ4v) is 7.73. The Morgan fingerprint density at radius 2 is 1.68 bits per heavy atom. The normalized spacial score (nSPS) is 21.9. The first-order valence-corrected chi connectivity index (χ1v) is 16.2. The molecule has 1 N–H and O–H groups in total. The molecule has 11 heteroatoms. The standard InChI is InChI=1S/C36H40F5N3O3/c1-24-16-26-17-28(47-21-25-6-3-2-4-7-25)8-9-29(26)34(44(24)23-36(39,40)41)33-30(37)18-27(19-31(33)38)43-13-5-10-35(22-43)11-14-42(15-12-35)20-32(45)46/h2-4,6-9,17-19,24,34H,5,10-16,20-23H2,1H3,(H,45,46)/t24-,34?/m1/s1. The van der Waals surface area contributed by atoms with Crippen LogP contribution in [0.3, 0.4) is 0 Å². The van der Waals surface area contributed by atoms with Crippen LogP contribution in [0, 0.1) is 17.0 Å². The van der Waals surface area contributed by atoms with Crippen molar-refractivity contribution in [3.8, 4) is 5.75 Å². The maximum Gasteiger partial charge on any atom is 0.401 e. The van der Waals surface area contributed by atoms with E-state index in [1.54, 1.807) is 25.1 Å². The molecule has 0 bridgehead atoms. The Hall–Kier alpha value is -3.70. The van der Waals surface area contributed by atoms with Crippen LogP contribution in [0.4, 0.5) is 27.6 Å². The van der Waals surface area contributed by atoms with Gasteiger partial charge < -0.3 is 14.7 Å². The molecule has 2 atom stereocenters. The van der Waals surface area contributed by atoms with Crippen molar-refractivity contribution in [3.05, 3.63) is 94.6 Å². The molecule has 2 fully saturated rings. The summed E-state index contributed by atoms with van der Waals surface area (Å²) in [6.07, 6.45) is -0.942. The summed E-state index contributed by atoms with van der Waals surface area (Å²) in [4.78, 5) is 16.2. The highest BCUT2D eigenvalue weighted by molar-refractivity contribution is 5.69. The van der Waals surface area contributed by atoms with E-state index in [2.05, 4.69) is 0 Å². The molecule has 1 unspecified atom stereocenters. The van der Waals surface area contributed by atoms with Gasteiger partial charge in [0.05, 0.1) is 19.1 Å². The van der Waals surface area contributed by atoms with Gasteiger partial charge in [0.2, 0.25) is 0 Å². The van der Waals surface area contributed by atoms with Crippen LogP contribution >= 0.6 is 0 Å². The van der Waals surface area contributed by atoms with Crippen molar-refractivity contribution >= 4 is 11.7 Å². The van der Waals surface area contributed by atoms with Gasteiger partial charge in [0, 0.05) is 30.4 Å². The van der Waals surface area contributed by atoms with Crippen LogP contribution in [0.25, 0.3) is 0 Å². The molecule has 3 aliphatic rings. The Morgan fingerprint density at radius 3 is 2.34 bits per heavy atom. The number of fused-ring (bicyclic) bond motifs is 1. The molecule has 47 heavy (non-hydrogen) atoms. The lowest BCUT2D eigenvalue weighted by Gasteiger charge is -2.48. The number of alkyl halides is 3.